The van der Waals surface area contributed by atoms with E-state index in [1.54, 1.807) is 45.9 Å². The van der Waals surface area contributed by atoms with Crippen LogP contribution in [0, 0.1) is 11.3 Å². The maximum Gasteiger partial charge on any atom is 0.328 e. The van der Waals surface area contributed by atoms with Crippen LogP contribution in [0.15, 0.2) is 48.6 Å². The van der Waals surface area contributed by atoms with Gasteiger partial charge in [-0.2, -0.15) is 0 Å². The van der Waals surface area contributed by atoms with Crippen molar-refractivity contribution in [2.45, 2.75) is 94.0 Å². The van der Waals surface area contributed by atoms with E-state index in [1.165, 1.54) is 4.90 Å². The van der Waals surface area contributed by atoms with Gasteiger partial charge >= 0.3 is 5.97 Å². The van der Waals surface area contributed by atoms with Crippen molar-refractivity contribution in [2.75, 3.05) is 19.7 Å². The number of rotatable bonds is 6. The third-order valence-electron chi connectivity index (χ3n) is 11.0. The first-order valence-corrected chi connectivity index (χ1v) is 17.2. The lowest BCUT2D eigenvalue weighted by molar-refractivity contribution is -0.158. The lowest BCUT2D eigenvalue weighted by Gasteiger charge is -2.44. The first kappa shape index (κ1) is 31.6. The number of carbonyl (C=O) groups is 5. The van der Waals surface area contributed by atoms with Crippen LogP contribution in [-0.2, 0) is 35.1 Å². The van der Waals surface area contributed by atoms with E-state index >= 15 is 0 Å². The highest BCUT2D eigenvalue weighted by molar-refractivity contribution is 6.39. The SMILES string of the molecule is CCOC(=O)C1CCC2C=CC3CCN(C(=O)C4CCC5C=CC6(CCCN6C(=O)C(=N)Cc6ccccc6Cl)C(=O)N54)C3C(=O)N21. The molecule has 248 valence electrons. The topological polar surface area (TPSA) is 131 Å². The van der Waals surface area contributed by atoms with Gasteiger partial charge in [0.15, 0.2) is 0 Å². The van der Waals surface area contributed by atoms with Crippen LogP contribution in [0.3, 0.4) is 0 Å². The smallest absolute Gasteiger partial charge is 0.328 e. The van der Waals surface area contributed by atoms with Gasteiger partial charge in [-0.3, -0.25) is 24.6 Å². The Morgan fingerprint density at radius 2 is 1.70 bits per heavy atom. The highest BCUT2D eigenvalue weighted by Crippen LogP contribution is 2.43. The molecule has 0 saturated carbocycles. The van der Waals surface area contributed by atoms with Gasteiger partial charge in [-0.25, -0.2) is 4.79 Å². The van der Waals surface area contributed by atoms with Gasteiger partial charge in [0.1, 0.15) is 29.4 Å². The third-order valence-corrected chi connectivity index (χ3v) is 11.3. The van der Waals surface area contributed by atoms with E-state index in [0.717, 1.165) is 0 Å². The summed E-state index contributed by atoms with van der Waals surface area (Å²) >= 11 is 6.30. The maximum absolute atomic E-state index is 14.5. The van der Waals surface area contributed by atoms with Gasteiger partial charge in [0.2, 0.25) is 11.8 Å². The average Bonchev–Trinajstić information content (AvgIpc) is 3.86. The molecule has 47 heavy (non-hydrogen) atoms. The molecule has 7 rings (SSSR count). The lowest BCUT2D eigenvalue weighted by atomic mass is 9.88. The zero-order chi connectivity index (χ0) is 33.0. The quantitative estimate of drug-likeness (QED) is 0.283. The van der Waals surface area contributed by atoms with Crippen LogP contribution in [-0.4, -0.2) is 110 Å². The largest absolute Gasteiger partial charge is 0.464 e. The van der Waals surface area contributed by atoms with Gasteiger partial charge in [-0.1, -0.05) is 54.1 Å². The first-order valence-electron chi connectivity index (χ1n) is 16.8. The van der Waals surface area contributed by atoms with Gasteiger partial charge in [0.05, 0.1) is 18.7 Å². The van der Waals surface area contributed by atoms with Crippen LogP contribution in [0.25, 0.3) is 0 Å². The van der Waals surface area contributed by atoms with Crippen molar-refractivity contribution in [1.29, 1.82) is 5.41 Å². The molecule has 4 saturated heterocycles. The van der Waals surface area contributed by atoms with Crippen molar-refractivity contribution in [3.8, 4) is 0 Å². The molecule has 11 nitrogen and oxygen atoms in total. The predicted octanol–water partition coefficient (Wildman–Crippen LogP) is 2.90. The molecular weight excluding hydrogens is 622 g/mol. The Kier molecular flexibility index (Phi) is 8.22. The van der Waals surface area contributed by atoms with E-state index in [-0.39, 0.29) is 54.5 Å². The molecule has 12 heteroatoms. The van der Waals surface area contributed by atoms with Crippen molar-refractivity contribution in [2.24, 2.45) is 5.92 Å². The van der Waals surface area contributed by atoms with Crippen molar-refractivity contribution in [3.63, 3.8) is 0 Å². The number of halogens is 1. The summed E-state index contributed by atoms with van der Waals surface area (Å²) in [6.07, 6.45) is 11.6. The van der Waals surface area contributed by atoms with E-state index < -0.39 is 35.5 Å². The number of hydrogen-bond acceptors (Lipinski definition) is 7. The van der Waals surface area contributed by atoms with E-state index in [9.17, 15) is 24.0 Å². The molecule has 6 aliphatic heterocycles. The number of fused-ring (bicyclic) bond motifs is 3. The van der Waals surface area contributed by atoms with E-state index in [4.69, 9.17) is 21.7 Å². The number of hydrogen-bond donors (Lipinski definition) is 1. The molecule has 1 spiro atoms. The molecular formula is C35H40ClN5O6. The molecule has 1 aromatic carbocycles. The van der Waals surface area contributed by atoms with Gasteiger partial charge in [-0.15, -0.1) is 0 Å². The van der Waals surface area contributed by atoms with Crippen LogP contribution in [0.2, 0.25) is 5.02 Å². The van der Waals surface area contributed by atoms with Crippen LogP contribution < -0.4 is 0 Å². The summed E-state index contributed by atoms with van der Waals surface area (Å²) in [5.74, 6) is -1.93. The molecule has 1 N–H and O–H groups in total. The molecule has 1 aromatic rings. The molecule has 7 atom stereocenters. The molecule has 6 aliphatic rings. The summed E-state index contributed by atoms with van der Waals surface area (Å²) in [6, 6.07) is 4.37. The lowest BCUT2D eigenvalue weighted by Crippen LogP contribution is -2.64. The van der Waals surface area contributed by atoms with Crippen LogP contribution in [0.4, 0.5) is 0 Å². The first-order chi connectivity index (χ1) is 22.7. The standard InChI is InChI=1S/C35H40ClN5O6/c1-2-47-33(45)28-13-11-23-9-8-21-15-19-38(29(21)32(44)40(23)28)31(43)27-12-10-24-14-17-35(34(46)41(24)27)16-5-18-39(35)30(42)26(37)20-22-6-3-4-7-25(22)36/h3-4,6-9,14,17,21,23-24,27-29,37H,2,5,10-13,15-16,18-20H2,1H3. The number of carbonyl (C=O) groups excluding carboxylic acids is 5. The Hall–Kier alpha value is -3.99. The normalized spacial score (nSPS) is 32.5. The number of amides is 4. The predicted molar refractivity (Wildman–Crippen MR) is 172 cm³/mol. The molecule has 0 radical (unpaired) electrons. The minimum absolute atomic E-state index is 0.0470. The third kappa shape index (κ3) is 5.08. The van der Waals surface area contributed by atoms with Crippen molar-refractivity contribution in [1.82, 2.24) is 19.6 Å². The van der Waals surface area contributed by atoms with Crippen LogP contribution in [0.1, 0.15) is 57.4 Å². The highest BCUT2D eigenvalue weighted by atomic mass is 35.5. The van der Waals surface area contributed by atoms with Gasteiger partial charge in [-0.05, 0) is 63.5 Å². The summed E-state index contributed by atoms with van der Waals surface area (Å²) in [5, 5.41) is 9.11. The molecule has 6 heterocycles. The molecule has 4 fully saturated rings. The Bertz CT molecular complexity index is 1590. The minimum atomic E-state index is -1.27. The second kappa shape index (κ2) is 12.2. The molecule has 0 aliphatic carbocycles. The Morgan fingerprint density at radius 1 is 0.957 bits per heavy atom. The Morgan fingerprint density at radius 3 is 2.47 bits per heavy atom. The van der Waals surface area contributed by atoms with E-state index in [0.29, 0.717) is 68.6 Å². The fourth-order valence-corrected chi connectivity index (χ4v) is 8.93. The number of nitrogens with zero attached hydrogens (tertiary/aromatic N) is 4. The van der Waals surface area contributed by atoms with Crippen LogP contribution >= 0.6 is 11.6 Å². The van der Waals surface area contributed by atoms with Crippen LogP contribution in [0.5, 0.6) is 0 Å². The zero-order valence-corrected chi connectivity index (χ0v) is 27.2. The second-order valence-electron chi connectivity index (χ2n) is 13.4. The number of ether oxygens (including phenoxy) is 1. The Balaban J connectivity index is 1.11. The van der Waals surface area contributed by atoms with Crippen molar-refractivity contribution in [3.05, 3.63) is 59.2 Å². The number of esters is 1. The van der Waals surface area contributed by atoms with Crippen molar-refractivity contribution >= 4 is 46.9 Å². The minimum Gasteiger partial charge on any atom is -0.464 e. The van der Waals surface area contributed by atoms with Gasteiger partial charge in [0.25, 0.3) is 11.8 Å². The summed E-state index contributed by atoms with van der Waals surface area (Å²) in [5.41, 5.74) is -0.758. The summed E-state index contributed by atoms with van der Waals surface area (Å²) < 4.78 is 5.29. The Labute approximate surface area is 279 Å². The van der Waals surface area contributed by atoms with E-state index in [1.807, 2.05) is 24.3 Å². The molecule has 7 unspecified atom stereocenters. The van der Waals surface area contributed by atoms with Gasteiger partial charge in [0, 0.05) is 30.5 Å². The number of nitrogens with one attached hydrogen (secondary N) is 1. The fourth-order valence-electron chi connectivity index (χ4n) is 8.73. The highest BCUT2D eigenvalue weighted by Gasteiger charge is 2.58. The average molecular weight is 662 g/mol. The van der Waals surface area contributed by atoms with Crippen molar-refractivity contribution < 1.29 is 28.7 Å². The monoisotopic (exact) mass is 661 g/mol. The summed E-state index contributed by atoms with van der Waals surface area (Å²) in [4.78, 5) is 76.0. The van der Waals surface area contributed by atoms with Gasteiger partial charge < -0.3 is 24.3 Å². The summed E-state index contributed by atoms with van der Waals surface area (Å²) in [7, 11) is 0. The molecule has 4 amide bonds. The second-order valence-corrected chi connectivity index (χ2v) is 13.8. The van der Waals surface area contributed by atoms with E-state index in [2.05, 4.69) is 0 Å². The molecule has 0 aromatic heterocycles. The maximum atomic E-state index is 14.5. The molecule has 0 bridgehead atoms. The number of benzene rings is 1. The number of likely N-dealkylation sites (tertiary alicyclic amines) is 2. The zero-order valence-electron chi connectivity index (χ0n) is 26.5. The summed E-state index contributed by atoms with van der Waals surface area (Å²) in [6.45, 7) is 2.67. The fraction of sp³-hybridized carbons (Fsp3) is 0.543.